The van der Waals surface area contributed by atoms with Crippen molar-refractivity contribution in [3.05, 3.63) is 34.3 Å². The number of aliphatic hydroxyl groups is 1. The van der Waals surface area contributed by atoms with Crippen LogP contribution in [0.25, 0.3) is 0 Å². The van der Waals surface area contributed by atoms with Crippen LogP contribution in [0.5, 0.6) is 0 Å². The van der Waals surface area contributed by atoms with Gasteiger partial charge in [-0.2, -0.15) is 15.4 Å². The molecule has 1 atom stereocenters. The highest BCUT2D eigenvalue weighted by Gasteiger charge is 2.13. The van der Waals surface area contributed by atoms with Crippen LogP contribution < -0.4 is 0 Å². The van der Waals surface area contributed by atoms with Gasteiger partial charge in [0.15, 0.2) is 0 Å². The van der Waals surface area contributed by atoms with Crippen LogP contribution in [0, 0.1) is 0 Å². The van der Waals surface area contributed by atoms with E-state index in [2.05, 4.69) is 15.4 Å². The summed E-state index contributed by atoms with van der Waals surface area (Å²) in [7, 11) is 0. The van der Waals surface area contributed by atoms with Crippen molar-refractivity contribution in [2.75, 3.05) is 0 Å². The van der Waals surface area contributed by atoms with Crippen molar-refractivity contribution < 1.29 is 5.11 Å². The zero-order chi connectivity index (χ0) is 8.39. The summed E-state index contributed by atoms with van der Waals surface area (Å²) in [6, 6.07) is 3.76. The number of hydrogen-bond donors (Lipinski definition) is 2. The Balaban J connectivity index is 2.27. The van der Waals surface area contributed by atoms with E-state index in [1.54, 1.807) is 0 Å². The number of H-pyrrole nitrogens is 1. The first-order valence-electron chi connectivity index (χ1n) is 3.45. The predicted molar refractivity (Wildman–Crippen MR) is 44.8 cm³/mol. The second-order valence-electron chi connectivity index (χ2n) is 2.31. The quantitative estimate of drug-likeness (QED) is 0.725. The highest BCUT2D eigenvalue weighted by Crippen LogP contribution is 2.23. The number of aliphatic hydroxyl groups excluding tert-OH is 1. The standard InChI is InChI=1S/C7H7N3OS/c11-7(5-4-8-10-9-5)6-2-1-3-12-6/h1-4,7,11H,(H,8,9,10). The van der Waals surface area contributed by atoms with Gasteiger partial charge in [-0.1, -0.05) is 6.07 Å². The molecule has 2 N–H and O–H groups in total. The van der Waals surface area contributed by atoms with Crippen molar-refractivity contribution in [1.82, 2.24) is 15.4 Å². The Kier molecular flexibility index (Phi) is 1.89. The van der Waals surface area contributed by atoms with E-state index in [1.807, 2.05) is 17.5 Å². The highest BCUT2D eigenvalue weighted by atomic mass is 32.1. The van der Waals surface area contributed by atoms with Crippen LogP contribution in [-0.4, -0.2) is 20.5 Å². The van der Waals surface area contributed by atoms with Crippen LogP contribution in [-0.2, 0) is 0 Å². The molecule has 62 valence electrons. The molecule has 0 aliphatic carbocycles. The van der Waals surface area contributed by atoms with Crippen molar-refractivity contribution in [2.24, 2.45) is 0 Å². The van der Waals surface area contributed by atoms with Gasteiger partial charge in [0.05, 0.1) is 6.20 Å². The molecular formula is C7H7N3OS. The van der Waals surface area contributed by atoms with Crippen molar-refractivity contribution >= 4 is 11.3 Å². The molecule has 0 aliphatic heterocycles. The summed E-state index contributed by atoms with van der Waals surface area (Å²) in [5, 5.41) is 21.4. The molecule has 12 heavy (non-hydrogen) atoms. The molecule has 5 heteroatoms. The summed E-state index contributed by atoms with van der Waals surface area (Å²) < 4.78 is 0. The minimum Gasteiger partial charge on any atom is -0.381 e. The maximum Gasteiger partial charge on any atom is 0.134 e. The maximum absolute atomic E-state index is 9.66. The third-order valence-electron chi connectivity index (χ3n) is 1.53. The fourth-order valence-electron chi connectivity index (χ4n) is 0.935. The van der Waals surface area contributed by atoms with Gasteiger partial charge in [-0.25, -0.2) is 0 Å². The predicted octanol–water partition coefficient (Wildman–Crippen LogP) is 0.948. The molecule has 2 rings (SSSR count). The van der Waals surface area contributed by atoms with Gasteiger partial charge >= 0.3 is 0 Å². The number of hydrogen-bond acceptors (Lipinski definition) is 4. The van der Waals surface area contributed by atoms with Gasteiger partial charge < -0.3 is 5.11 Å². The van der Waals surface area contributed by atoms with E-state index in [0.717, 1.165) is 4.88 Å². The lowest BCUT2D eigenvalue weighted by atomic mass is 10.2. The van der Waals surface area contributed by atoms with Crippen LogP contribution in [0.3, 0.4) is 0 Å². The van der Waals surface area contributed by atoms with Crippen LogP contribution in [0.15, 0.2) is 23.7 Å². The normalized spacial score (nSPS) is 13.1. The van der Waals surface area contributed by atoms with Crippen LogP contribution in [0.4, 0.5) is 0 Å². The van der Waals surface area contributed by atoms with Crippen molar-refractivity contribution in [3.63, 3.8) is 0 Å². The average molecular weight is 181 g/mol. The summed E-state index contributed by atoms with van der Waals surface area (Å²) in [5.74, 6) is 0. The lowest BCUT2D eigenvalue weighted by molar-refractivity contribution is 0.219. The van der Waals surface area contributed by atoms with Crippen LogP contribution in [0.2, 0.25) is 0 Å². The second-order valence-corrected chi connectivity index (χ2v) is 3.29. The first-order valence-corrected chi connectivity index (χ1v) is 4.33. The van der Waals surface area contributed by atoms with Crippen LogP contribution >= 0.6 is 11.3 Å². The maximum atomic E-state index is 9.66. The van der Waals surface area contributed by atoms with Gasteiger partial charge in [0.25, 0.3) is 0 Å². The Morgan fingerprint density at radius 3 is 3.08 bits per heavy atom. The number of aromatic nitrogens is 3. The van der Waals surface area contributed by atoms with Gasteiger partial charge in [0.2, 0.25) is 0 Å². The summed E-state index contributed by atoms with van der Waals surface area (Å²) in [4.78, 5) is 0.879. The zero-order valence-electron chi connectivity index (χ0n) is 6.14. The Morgan fingerprint density at radius 1 is 1.58 bits per heavy atom. The molecule has 4 nitrogen and oxygen atoms in total. The molecule has 1 unspecified atom stereocenters. The molecule has 0 bridgehead atoms. The average Bonchev–Trinajstić information content (AvgIpc) is 2.77. The molecule has 0 aromatic carbocycles. The second kappa shape index (κ2) is 3.04. The molecule has 2 aromatic heterocycles. The monoisotopic (exact) mass is 181 g/mol. The fourth-order valence-corrected chi connectivity index (χ4v) is 1.66. The molecule has 2 aromatic rings. The third kappa shape index (κ3) is 1.24. The van der Waals surface area contributed by atoms with Gasteiger partial charge in [-0.05, 0) is 11.4 Å². The first kappa shape index (κ1) is 7.45. The molecule has 0 aliphatic rings. The fraction of sp³-hybridized carbons (Fsp3) is 0.143. The van der Waals surface area contributed by atoms with Gasteiger partial charge in [-0.3, -0.25) is 0 Å². The lowest BCUT2D eigenvalue weighted by Crippen LogP contribution is -1.96. The first-order chi connectivity index (χ1) is 5.88. The minimum atomic E-state index is -0.649. The van der Waals surface area contributed by atoms with E-state index in [4.69, 9.17) is 0 Å². The molecular weight excluding hydrogens is 174 g/mol. The molecule has 0 amide bonds. The summed E-state index contributed by atoms with van der Waals surface area (Å²) >= 11 is 1.50. The van der Waals surface area contributed by atoms with E-state index < -0.39 is 6.10 Å². The SMILES string of the molecule is OC(c1cn[nH]n1)c1cccs1. The number of nitrogens with zero attached hydrogens (tertiary/aromatic N) is 2. The third-order valence-corrected chi connectivity index (χ3v) is 2.45. The Morgan fingerprint density at radius 2 is 2.50 bits per heavy atom. The van der Waals surface area contributed by atoms with Crippen molar-refractivity contribution in [3.8, 4) is 0 Å². The number of rotatable bonds is 2. The van der Waals surface area contributed by atoms with E-state index in [0.29, 0.717) is 5.69 Å². The number of thiophene rings is 1. The minimum absolute atomic E-state index is 0.553. The smallest absolute Gasteiger partial charge is 0.134 e. The zero-order valence-corrected chi connectivity index (χ0v) is 6.95. The number of aromatic amines is 1. The Hall–Kier alpha value is -1.20. The molecule has 0 saturated heterocycles. The summed E-state index contributed by atoms with van der Waals surface area (Å²) in [6.45, 7) is 0. The number of nitrogens with one attached hydrogen (secondary N) is 1. The van der Waals surface area contributed by atoms with Crippen LogP contribution in [0.1, 0.15) is 16.7 Å². The largest absolute Gasteiger partial charge is 0.381 e. The van der Waals surface area contributed by atoms with E-state index in [-0.39, 0.29) is 0 Å². The van der Waals surface area contributed by atoms with Crippen molar-refractivity contribution in [2.45, 2.75) is 6.10 Å². The van der Waals surface area contributed by atoms with Gasteiger partial charge in [0, 0.05) is 4.88 Å². The molecule has 0 radical (unpaired) electrons. The van der Waals surface area contributed by atoms with Gasteiger partial charge in [-0.15, -0.1) is 11.3 Å². The molecule has 0 fully saturated rings. The van der Waals surface area contributed by atoms with E-state index in [9.17, 15) is 5.11 Å². The van der Waals surface area contributed by atoms with Gasteiger partial charge in [0.1, 0.15) is 11.8 Å². The topological polar surface area (TPSA) is 61.8 Å². The van der Waals surface area contributed by atoms with E-state index in [1.165, 1.54) is 17.5 Å². The molecule has 2 heterocycles. The molecule has 0 spiro atoms. The lowest BCUT2D eigenvalue weighted by Gasteiger charge is -2.01. The Bertz CT molecular complexity index is 295. The molecule has 0 saturated carbocycles. The highest BCUT2D eigenvalue weighted by molar-refractivity contribution is 7.10. The Labute approximate surface area is 72.9 Å². The van der Waals surface area contributed by atoms with Crippen molar-refractivity contribution in [1.29, 1.82) is 0 Å². The summed E-state index contributed by atoms with van der Waals surface area (Å²) in [6.07, 6.45) is 0.869. The van der Waals surface area contributed by atoms with E-state index >= 15 is 0 Å². The summed E-state index contributed by atoms with van der Waals surface area (Å²) in [5.41, 5.74) is 0.553.